The molecule has 0 radical (unpaired) electrons. The first-order valence-corrected chi connectivity index (χ1v) is 7.11. The molecule has 0 bridgehead atoms. The first-order valence-electron chi connectivity index (χ1n) is 6.23. The minimum atomic E-state index is -0.968. The van der Waals surface area contributed by atoms with Gasteiger partial charge in [0.25, 0.3) is 0 Å². The number of hydrogen-bond acceptors (Lipinski definition) is 5. The van der Waals surface area contributed by atoms with Crippen LogP contribution >= 0.6 is 11.3 Å². The maximum Gasteiger partial charge on any atom is 0.337 e. The molecule has 0 aliphatic heterocycles. The molecular formula is C14H16N2O3S. The van der Waals surface area contributed by atoms with Gasteiger partial charge >= 0.3 is 5.97 Å². The Morgan fingerprint density at radius 2 is 2.35 bits per heavy atom. The molecule has 1 unspecified atom stereocenters. The smallest absolute Gasteiger partial charge is 0.337 e. The molecule has 5 nitrogen and oxygen atoms in total. The SMILES string of the molecule is CCC(Nc1cc(OC)ccc1C(=O)O)c1nccs1. The standard InChI is InChI=1S/C14H16N2O3S/c1-3-11(13-15-6-7-20-13)16-12-8-9(19-2)4-5-10(12)14(17)18/h4-8,11,16H,3H2,1-2H3,(H,17,18). The number of ether oxygens (including phenoxy) is 1. The van der Waals surface area contributed by atoms with Crippen molar-refractivity contribution in [3.05, 3.63) is 40.3 Å². The number of carboxylic acid groups (broad SMARTS) is 1. The summed E-state index contributed by atoms with van der Waals surface area (Å²) in [5.74, 6) is -0.351. The maximum atomic E-state index is 11.3. The van der Waals surface area contributed by atoms with E-state index >= 15 is 0 Å². The third-order valence-electron chi connectivity index (χ3n) is 2.94. The molecule has 1 aromatic carbocycles. The number of nitrogens with zero attached hydrogens (tertiary/aromatic N) is 1. The van der Waals surface area contributed by atoms with E-state index in [1.165, 1.54) is 6.07 Å². The molecule has 0 aliphatic carbocycles. The van der Waals surface area contributed by atoms with Gasteiger partial charge in [0.1, 0.15) is 10.8 Å². The number of carbonyl (C=O) groups is 1. The second-order valence-electron chi connectivity index (χ2n) is 4.19. The number of anilines is 1. The normalized spacial score (nSPS) is 11.9. The lowest BCUT2D eigenvalue weighted by molar-refractivity contribution is 0.0698. The number of benzene rings is 1. The number of thiazole rings is 1. The van der Waals surface area contributed by atoms with Gasteiger partial charge in [-0.25, -0.2) is 9.78 Å². The van der Waals surface area contributed by atoms with Gasteiger partial charge < -0.3 is 15.2 Å². The summed E-state index contributed by atoms with van der Waals surface area (Å²) in [7, 11) is 1.55. The molecule has 6 heteroatoms. The molecule has 0 saturated carbocycles. The Hall–Kier alpha value is -2.08. The molecule has 20 heavy (non-hydrogen) atoms. The lowest BCUT2D eigenvalue weighted by Gasteiger charge is -2.18. The summed E-state index contributed by atoms with van der Waals surface area (Å²) >= 11 is 1.55. The number of hydrogen-bond donors (Lipinski definition) is 2. The average Bonchev–Trinajstić information content (AvgIpc) is 2.98. The van der Waals surface area contributed by atoms with E-state index in [2.05, 4.69) is 10.3 Å². The van der Waals surface area contributed by atoms with Crippen molar-refractivity contribution in [3.63, 3.8) is 0 Å². The maximum absolute atomic E-state index is 11.3. The van der Waals surface area contributed by atoms with Crippen LogP contribution in [0.15, 0.2) is 29.8 Å². The van der Waals surface area contributed by atoms with Gasteiger partial charge in [-0.3, -0.25) is 0 Å². The van der Waals surface area contributed by atoms with Crippen LogP contribution in [0.1, 0.15) is 34.8 Å². The van der Waals surface area contributed by atoms with Crippen LogP contribution in [-0.4, -0.2) is 23.2 Å². The number of aromatic nitrogens is 1. The molecule has 106 valence electrons. The van der Waals surface area contributed by atoms with Crippen molar-refractivity contribution in [2.45, 2.75) is 19.4 Å². The van der Waals surface area contributed by atoms with Crippen molar-refractivity contribution in [2.24, 2.45) is 0 Å². The molecule has 1 aromatic heterocycles. The molecule has 1 atom stereocenters. The Kier molecular flexibility index (Phi) is 4.57. The summed E-state index contributed by atoms with van der Waals surface area (Å²) < 4.78 is 5.15. The minimum Gasteiger partial charge on any atom is -0.497 e. The molecule has 2 aromatic rings. The Bertz CT molecular complexity index is 584. The van der Waals surface area contributed by atoms with Crippen LogP contribution in [0.3, 0.4) is 0 Å². The third-order valence-corrected chi connectivity index (χ3v) is 3.83. The van der Waals surface area contributed by atoms with Gasteiger partial charge in [-0.15, -0.1) is 11.3 Å². The van der Waals surface area contributed by atoms with Gasteiger partial charge in [0.05, 0.1) is 24.4 Å². The number of methoxy groups -OCH3 is 1. The zero-order chi connectivity index (χ0) is 14.5. The quantitative estimate of drug-likeness (QED) is 0.853. The van der Waals surface area contributed by atoms with Crippen molar-refractivity contribution in [1.29, 1.82) is 0 Å². The molecule has 0 saturated heterocycles. The first-order chi connectivity index (χ1) is 9.65. The Morgan fingerprint density at radius 3 is 2.90 bits per heavy atom. The predicted octanol–water partition coefficient (Wildman–Crippen LogP) is 3.41. The van der Waals surface area contributed by atoms with E-state index in [0.717, 1.165) is 11.4 Å². The van der Waals surface area contributed by atoms with Crippen molar-refractivity contribution >= 4 is 23.0 Å². The summed E-state index contributed by atoms with van der Waals surface area (Å²) in [5, 5.41) is 15.3. The van der Waals surface area contributed by atoms with Crippen LogP contribution in [0.4, 0.5) is 5.69 Å². The van der Waals surface area contributed by atoms with E-state index < -0.39 is 5.97 Å². The van der Waals surface area contributed by atoms with Crippen LogP contribution in [0.2, 0.25) is 0 Å². The zero-order valence-electron chi connectivity index (χ0n) is 11.3. The van der Waals surface area contributed by atoms with Gasteiger partial charge in [0, 0.05) is 17.6 Å². The molecule has 1 heterocycles. The van der Waals surface area contributed by atoms with E-state index in [0.29, 0.717) is 11.4 Å². The van der Waals surface area contributed by atoms with Crippen molar-refractivity contribution in [1.82, 2.24) is 4.98 Å². The molecule has 2 N–H and O–H groups in total. The lowest BCUT2D eigenvalue weighted by Crippen LogP contribution is -2.12. The second kappa shape index (κ2) is 6.38. The summed E-state index contributed by atoms with van der Waals surface area (Å²) in [6.45, 7) is 2.03. The minimum absolute atomic E-state index is 0.0137. The van der Waals surface area contributed by atoms with Gasteiger partial charge in [-0.1, -0.05) is 6.92 Å². The highest BCUT2D eigenvalue weighted by Crippen LogP contribution is 2.29. The highest BCUT2D eigenvalue weighted by molar-refractivity contribution is 7.09. The van der Waals surface area contributed by atoms with E-state index in [-0.39, 0.29) is 11.6 Å². The molecule has 2 rings (SSSR count). The van der Waals surface area contributed by atoms with Crippen LogP contribution in [0.5, 0.6) is 5.75 Å². The molecule has 0 fully saturated rings. The molecule has 0 aliphatic rings. The Balaban J connectivity index is 2.33. The monoisotopic (exact) mass is 292 g/mol. The molecular weight excluding hydrogens is 276 g/mol. The second-order valence-corrected chi connectivity index (χ2v) is 5.12. The van der Waals surface area contributed by atoms with E-state index in [1.54, 1.807) is 36.8 Å². The fourth-order valence-corrected chi connectivity index (χ4v) is 2.66. The van der Waals surface area contributed by atoms with E-state index in [9.17, 15) is 9.90 Å². The molecule has 0 amide bonds. The number of nitrogens with one attached hydrogen (secondary N) is 1. The Labute approximate surface area is 121 Å². The summed E-state index contributed by atoms with van der Waals surface area (Å²) in [5.41, 5.74) is 0.764. The van der Waals surface area contributed by atoms with E-state index in [1.807, 2.05) is 12.3 Å². The molecule has 0 spiro atoms. The van der Waals surface area contributed by atoms with Crippen LogP contribution in [0.25, 0.3) is 0 Å². The van der Waals surface area contributed by atoms with E-state index in [4.69, 9.17) is 4.74 Å². The van der Waals surface area contributed by atoms with Gasteiger partial charge in [0.15, 0.2) is 0 Å². The van der Waals surface area contributed by atoms with Crippen molar-refractivity contribution < 1.29 is 14.6 Å². The van der Waals surface area contributed by atoms with Gasteiger partial charge in [0.2, 0.25) is 0 Å². The van der Waals surface area contributed by atoms with Crippen LogP contribution in [-0.2, 0) is 0 Å². The highest BCUT2D eigenvalue weighted by Gasteiger charge is 2.17. The Morgan fingerprint density at radius 1 is 1.55 bits per heavy atom. The number of rotatable bonds is 6. The fourth-order valence-electron chi connectivity index (χ4n) is 1.89. The predicted molar refractivity (Wildman–Crippen MR) is 78.7 cm³/mol. The van der Waals surface area contributed by atoms with Crippen molar-refractivity contribution in [2.75, 3.05) is 12.4 Å². The highest BCUT2D eigenvalue weighted by atomic mass is 32.1. The number of carboxylic acids is 1. The van der Waals surface area contributed by atoms with Crippen LogP contribution < -0.4 is 10.1 Å². The topological polar surface area (TPSA) is 71.5 Å². The average molecular weight is 292 g/mol. The third kappa shape index (κ3) is 3.08. The summed E-state index contributed by atoms with van der Waals surface area (Å²) in [6, 6.07) is 4.86. The first kappa shape index (κ1) is 14.3. The lowest BCUT2D eigenvalue weighted by atomic mass is 10.1. The zero-order valence-corrected chi connectivity index (χ0v) is 12.1. The number of aromatic carboxylic acids is 1. The van der Waals surface area contributed by atoms with Crippen molar-refractivity contribution in [3.8, 4) is 5.75 Å². The van der Waals surface area contributed by atoms with Crippen LogP contribution in [0, 0.1) is 0 Å². The summed E-state index contributed by atoms with van der Waals surface area (Å²) in [6.07, 6.45) is 2.55. The largest absolute Gasteiger partial charge is 0.497 e. The van der Waals surface area contributed by atoms with Gasteiger partial charge in [-0.05, 0) is 18.6 Å². The fraction of sp³-hybridized carbons (Fsp3) is 0.286. The summed E-state index contributed by atoms with van der Waals surface area (Å²) in [4.78, 5) is 15.6. The van der Waals surface area contributed by atoms with Gasteiger partial charge in [-0.2, -0.15) is 0 Å².